The van der Waals surface area contributed by atoms with Crippen molar-refractivity contribution in [3.63, 3.8) is 0 Å². The second-order valence-electron chi connectivity index (χ2n) is 5.06. The zero-order valence-electron chi connectivity index (χ0n) is 10.6. The summed E-state index contributed by atoms with van der Waals surface area (Å²) in [6, 6.07) is -0.356. The van der Waals surface area contributed by atoms with Gasteiger partial charge in [-0.15, -0.1) is 0 Å². The molecule has 4 nitrogen and oxygen atoms in total. The molecule has 0 aromatic carbocycles. The third kappa shape index (κ3) is 4.10. The molecule has 2 N–H and O–H groups in total. The Morgan fingerprint density at radius 1 is 1.56 bits per heavy atom. The van der Waals surface area contributed by atoms with Gasteiger partial charge >= 0.3 is 0 Å². The summed E-state index contributed by atoms with van der Waals surface area (Å²) in [7, 11) is 0. The molecule has 1 heterocycles. The Balaban J connectivity index is 2.50. The molecule has 0 aromatic rings. The molecule has 0 aromatic heterocycles. The quantitative estimate of drug-likeness (QED) is 0.784. The lowest BCUT2D eigenvalue weighted by Crippen LogP contribution is -2.46. The number of nitrogens with two attached hydrogens (primary N) is 1. The first-order valence-electron chi connectivity index (χ1n) is 6.16. The molecule has 1 amide bonds. The van der Waals surface area contributed by atoms with Crippen LogP contribution < -0.4 is 5.73 Å². The summed E-state index contributed by atoms with van der Waals surface area (Å²) in [4.78, 5) is 13.9. The number of ether oxygens (including phenoxy) is 1. The highest BCUT2D eigenvalue weighted by molar-refractivity contribution is 5.81. The molecule has 0 aliphatic carbocycles. The van der Waals surface area contributed by atoms with Crippen molar-refractivity contribution in [3.8, 4) is 0 Å². The van der Waals surface area contributed by atoms with Crippen LogP contribution in [0.4, 0.5) is 0 Å². The van der Waals surface area contributed by atoms with Crippen LogP contribution in [0.3, 0.4) is 0 Å². The molecule has 0 spiro atoms. The first-order valence-corrected chi connectivity index (χ1v) is 6.16. The van der Waals surface area contributed by atoms with E-state index in [9.17, 15) is 4.79 Å². The fraction of sp³-hybridized carbons (Fsp3) is 0.917. The summed E-state index contributed by atoms with van der Waals surface area (Å²) < 4.78 is 5.51. The summed E-state index contributed by atoms with van der Waals surface area (Å²) in [5.74, 6) is 0.533. The zero-order chi connectivity index (χ0) is 12.1. The monoisotopic (exact) mass is 228 g/mol. The van der Waals surface area contributed by atoms with Crippen molar-refractivity contribution >= 4 is 5.91 Å². The fourth-order valence-corrected chi connectivity index (χ4v) is 2.04. The maximum absolute atomic E-state index is 12.1. The highest BCUT2D eigenvalue weighted by Crippen LogP contribution is 2.10. The van der Waals surface area contributed by atoms with Crippen molar-refractivity contribution < 1.29 is 9.53 Å². The van der Waals surface area contributed by atoms with Crippen LogP contribution >= 0.6 is 0 Å². The van der Waals surface area contributed by atoms with E-state index in [1.54, 1.807) is 0 Å². The number of carbonyl (C=O) groups is 1. The third-order valence-electron chi connectivity index (χ3n) is 2.81. The summed E-state index contributed by atoms with van der Waals surface area (Å²) in [5, 5.41) is 0. The number of hydrogen-bond acceptors (Lipinski definition) is 3. The second-order valence-corrected chi connectivity index (χ2v) is 5.06. The van der Waals surface area contributed by atoms with E-state index in [0.29, 0.717) is 12.5 Å². The van der Waals surface area contributed by atoms with Gasteiger partial charge in [0.1, 0.15) is 0 Å². The Labute approximate surface area is 98.1 Å². The van der Waals surface area contributed by atoms with E-state index in [1.807, 2.05) is 11.8 Å². The Bertz CT molecular complexity index is 231. The van der Waals surface area contributed by atoms with E-state index in [2.05, 4.69) is 13.8 Å². The predicted molar refractivity (Wildman–Crippen MR) is 64.0 cm³/mol. The number of nitrogens with zero attached hydrogens (tertiary/aromatic N) is 1. The lowest BCUT2D eigenvalue weighted by atomic mass is 10.0. The molecular weight excluding hydrogens is 204 g/mol. The smallest absolute Gasteiger partial charge is 0.239 e. The summed E-state index contributed by atoms with van der Waals surface area (Å²) in [5.41, 5.74) is 5.91. The number of carbonyl (C=O) groups excluding carboxylic acids is 1. The minimum Gasteiger partial charge on any atom is -0.377 e. The van der Waals surface area contributed by atoms with Crippen molar-refractivity contribution in [1.29, 1.82) is 0 Å². The van der Waals surface area contributed by atoms with Crippen LogP contribution in [0, 0.1) is 5.92 Å². The van der Waals surface area contributed by atoms with Gasteiger partial charge in [0, 0.05) is 19.7 Å². The Morgan fingerprint density at radius 3 is 2.88 bits per heavy atom. The summed E-state index contributed by atoms with van der Waals surface area (Å²) in [6.07, 6.45) is 1.78. The van der Waals surface area contributed by atoms with Crippen LogP contribution in [-0.2, 0) is 9.53 Å². The van der Waals surface area contributed by atoms with Gasteiger partial charge in [0.25, 0.3) is 0 Å². The maximum Gasteiger partial charge on any atom is 0.239 e. The van der Waals surface area contributed by atoms with Crippen LogP contribution in [-0.4, -0.2) is 42.6 Å². The van der Waals surface area contributed by atoms with E-state index >= 15 is 0 Å². The molecule has 1 fully saturated rings. The highest BCUT2D eigenvalue weighted by Gasteiger charge is 2.24. The van der Waals surface area contributed by atoms with Crippen LogP contribution in [0.1, 0.15) is 33.6 Å². The molecule has 1 aliphatic heterocycles. The van der Waals surface area contributed by atoms with E-state index in [4.69, 9.17) is 10.5 Å². The minimum atomic E-state index is -0.356. The van der Waals surface area contributed by atoms with Gasteiger partial charge in [0.15, 0.2) is 0 Å². The molecule has 1 rings (SSSR count). The van der Waals surface area contributed by atoms with Crippen molar-refractivity contribution in [3.05, 3.63) is 0 Å². The molecule has 16 heavy (non-hydrogen) atoms. The molecule has 4 heteroatoms. The maximum atomic E-state index is 12.1. The van der Waals surface area contributed by atoms with Gasteiger partial charge < -0.3 is 15.4 Å². The van der Waals surface area contributed by atoms with E-state index < -0.39 is 0 Å². The number of amides is 1. The normalized spacial score (nSPS) is 24.3. The van der Waals surface area contributed by atoms with Crippen LogP contribution in [0.15, 0.2) is 0 Å². The molecule has 94 valence electrons. The van der Waals surface area contributed by atoms with Crippen molar-refractivity contribution in [2.45, 2.75) is 45.8 Å². The molecule has 0 saturated carbocycles. The highest BCUT2D eigenvalue weighted by atomic mass is 16.5. The first kappa shape index (κ1) is 13.5. The average Bonchev–Trinajstić information content (AvgIpc) is 2.40. The van der Waals surface area contributed by atoms with Crippen molar-refractivity contribution in [2.24, 2.45) is 11.7 Å². The van der Waals surface area contributed by atoms with Gasteiger partial charge in [-0.1, -0.05) is 13.8 Å². The minimum absolute atomic E-state index is 0.0750. The van der Waals surface area contributed by atoms with Crippen molar-refractivity contribution in [1.82, 2.24) is 4.90 Å². The molecule has 0 radical (unpaired) electrons. The lowest BCUT2D eigenvalue weighted by molar-refractivity contribution is -0.133. The number of hydrogen-bond donors (Lipinski definition) is 1. The molecule has 2 atom stereocenters. The molecule has 0 bridgehead atoms. The Kier molecular flexibility index (Phi) is 5.22. The van der Waals surface area contributed by atoms with Gasteiger partial charge in [-0.3, -0.25) is 4.79 Å². The predicted octanol–water partition coefficient (Wildman–Crippen LogP) is 0.997. The van der Waals surface area contributed by atoms with Crippen LogP contribution in [0.2, 0.25) is 0 Å². The lowest BCUT2D eigenvalue weighted by Gasteiger charge is -2.26. The van der Waals surface area contributed by atoms with Gasteiger partial charge in [0.05, 0.1) is 12.1 Å². The number of rotatable bonds is 3. The van der Waals surface area contributed by atoms with Crippen molar-refractivity contribution in [2.75, 3.05) is 19.7 Å². The van der Waals surface area contributed by atoms with E-state index in [1.165, 1.54) is 0 Å². The molecule has 1 unspecified atom stereocenters. The van der Waals surface area contributed by atoms with Gasteiger partial charge in [-0.25, -0.2) is 0 Å². The average molecular weight is 228 g/mol. The Morgan fingerprint density at radius 2 is 2.25 bits per heavy atom. The second kappa shape index (κ2) is 6.21. The van der Waals surface area contributed by atoms with Crippen LogP contribution in [0.5, 0.6) is 0 Å². The fourth-order valence-electron chi connectivity index (χ4n) is 2.04. The third-order valence-corrected chi connectivity index (χ3v) is 2.81. The summed E-state index contributed by atoms with van der Waals surface area (Å²) in [6.45, 7) is 8.35. The van der Waals surface area contributed by atoms with Gasteiger partial charge in [0.2, 0.25) is 5.91 Å². The first-order chi connectivity index (χ1) is 7.50. The van der Waals surface area contributed by atoms with Gasteiger partial charge in [-0.05, 0) is 25.7 Å². The topological polar surface area (TPSA) is 55.6 Å². The standard InChI is InChI=1S/C12H24N2O2/c1-9(2)7-11(13)12(15)14-5-4-6-16-10(3)8-14/h9-11H,4-8,13H2,1-3H3/t10?,11-/m1/s1. The molecule has 1 aliphatic rings. The summed E-state index contributed by atoms with van der Waals surface area (Å²) >= 11 is 0. The van der Waals surface area contributed by atoms with Crippen LogP contribution in [0.25, 0.3) is 0 Å². The van der Waals surface area contributed by atoms with E-state index in [-0.39, 0.29) is 18.1 Å². The SMILES string of the molecule is CC(C)C[C@@H](N)C(=O)N1CCCOC(C)C1. The largest absolute Gasteiger partial charge is 0.377 e. The molecule has 1 saturated heterocycles. The van der Waals surface area contributed by atoms with E-state index in [0.717, 1.165) is 26.0 Å². The zero-order valence-corrected chi connectivity index (χ0v) is 10.6. The Hall–Kier alpha value is -0.610. The van der Waals surface area contributed by atoms with Gasteiger partial charge in [-0.2, -0.15) is 0 Å². The molecular formula is C12H24N2O2.